The van der Waals surface area contributed by atoms with Crippen LogP contribution in [-0.4, -0.2) is 58.7 Å². The Morgan fingerprint density at radius 2 is 1.91 bits per heavy atom. The predicted molar refractivity (Wildman–Crippen MR) is 122 cm³/mol. The van der Waals surface area contributed by atoms with E-state index in [-0.39, 0.29) is 30.4 Å². The van der Waals surface area contributed by atoms with Crippen LogP contribution in [0, 0.1) is 11.8 Å². The molecule has 8 heteroatoms. The third-order valence-corrected chi connectivity index (χ3v) is 7.10. The lowest BCUT2D eigenvalue weighted by atomic mass is 9.93. The molecule has 1 aromatic rings. The summed E-state index contributed by atoms with van der Waals surface area (Å²) < 4.78 is 5.54. The number of nitrogens with one attached hydrogen (secondary N) is 2. The van der Waals surface area contributed by atoms with E-state index in [0.29, 0.717) is 19.4 Å². The minimum Gasteiger partial charge on any atom is -0.445 e. The third-order valence-electron chi connectivity index (χ3n) is 7.10. The molecule has 0 bridgehead atoms. The van der Waals surface area contributed by atoms with E-state index in [1.807, 2.05) is 37.3 Å². The highest BCUT2D eigenvalue weighted by Crippen LogP contribution is 2.42. The Morgan fingerprint density at radius 3 is 2.61 bits per heavy atom. The van der Waals surface area contributed by atoms with Crippen molar-refractivity contribution in [1.29, 1.82) is 0 Å². The fraction of sp³-hybridized carbons (Fsp3) is 0.640. The van der Waals surface area contributed by atoms with Gasteiger partial charge in [0, 0.05) is 12.6 Å². The molecule has 1 unspecified atom stereocenters. The molecule has 2 aliphatic carbocycles. The zero-order valence-corrected chi connectivity index (χ0v) is 19.2. The summed E-state index contributed by atoms with van der Waals surface area (Å²) in [5, 5.41) is 16.3. The second-order valence-electron chi connectivity index (χ2n) is 9.62. The zero-order chi connectivity index (χ0) is 23.4. The molecule has 0 radical (unpaired) electrons. The average molecular weight is 458 g/mol. The van der Waals surface area contributed by atoms with Crippen LogP contribution in [0.5, 0.6) is 0 Å². The molecule has 8 nitrogen and oxygen atoms in total. The molecule has 3 amide bonds. The molecule has 0 aromatic heterocycles. The van der Waals surface area contributed by atoms with Gasteiger partial charge >= 0.3 is 6.09 Å². The molecule has 1 heterocycles. The van der Waals surface area contributed by atoms with Crippen molar-refractivity contribution in [3.05, 3.63) is 35.9 Å². The quantitative estimate of drug-likeness (QED) is 0.528. The number of carbonyl (C=O) groups is 3. The molecular weight excluding hydrogens is 422 g/mol. The highest BCUT2D eigenvalue weighted by atomic mass is 16.6. The van der Waals surface area contributed by atoms with E-state index in [2.05, 4.69) is 10.6 Å². The molecule has 1 aliphatic heterocycles. The number of rotatable bonds is 9. The van der Waals surface area contributed by atoms with Gasteiger partial charge in [-0.25, -0.2) is 4.79 Å². The Balaban J connectivity index is 1.42. The molecule has 33 heavy (non-hydrogen) atoms. The first-order valence-corrected chi connectivity index (χ1v) is 12.2. The Labute approximate surface area is 195 Å². The predicted octanol–water partition coefficient (Wildman–Crippen LogP) is 2.35. The van der Waals surface area contributed by atoms with Crippen molar-refractivity contribution < 1.29 is 24.2 Å². The summed E-state index contributed by atoms with van der Waals surface area (Å²) in [5.41, 5.74) is 0.888. The first-order valence-electron chi connectivity index (χ1n) is 12.2. The van der Waals surface area contributed by atoms with E-state index < -0.39 is 30.2 Å². The van der Waals surface area contributed by atoms with E-state index in [1.54, 1.807) is 4.90 Å². The van der Waals surface area contributed by atoms with Gasteiger partial charge in [-0.05, 0) is 49.5 Å². The number of amides is 3. The maximum Gasteiger partial charge on any atom is 0.410 e. The van der Waals surface area contributed by atoms with Gasteiger partial charge in [0.25, 0.3) is 5.91 Å². The standard InChI is InChI=1S/C25H35N3O5/c1-2-7-20(22(29)24(31)26-18-12-13-18)27-23(30)21-19-11-6-10-17(19)14-28(21)25(32)33-15-16-8-4-3-5-9-16/h3-5,8-9,17-22,29H,2,6-7,10-15H2,1H3,(H,26,31)(H,27,30)/t17-,19-,20-,21-,22?/m0/s1. The van der Waals surface area contributed by atoms with Crippen LogP contribution in [0.4, 0.5) is 4.79 Å². The lowest BCUT2D eigenvalue weighted by Crippen LogP contribution is -2.56. The van der Waals surface area contributed by atoms with Crippen molar-refractivity contribution in [1.82, 2.24) is 15.5 Å². The van der Waals surface area contributed by atoms with Crippen LogP contribution in [-0.2, 0) is 20.9 Å². The summed E-state index contributed by atoms with van der Waals surface area (Å²) in [6, 6.07) is 8.26. The van der Waals surface area contributed by atoms with E-state index in [1.165, 1.54) is 0 Å². The van der Waals surface area contributed by atoms with Crippen molar-refractivity contribution in [2.24, 2.45) is 11.8 Å². The number of benzene rings is 1. The smallest absolute Gasteiger partial charge is 0.410 e. The van der Waals surface area contributed by atoms with Crippen LogP contribution in [0.2, 0.25) is 0 Å². The van der Waals surface area contributed by atoms with Gasteiger partial charge in [-0.1, -0.05) is 50.1 Å². The Bertz CT molecular complexity index is 844. The number of aliphatic hydroxyl groups excluding tert-OH is 1. The van der Waals surface area contributed by atoms with Crippen LogP contribution in [0.1, 0.15) is 57.4 Å². The van der Waals surface area contributed by atoms with E-state index >= 15 is 0 Å². The largest absolute Gasteiger partial charge is 0.445 e. The minimum absolute atomic E-state index is 0.0778. The summed E-state index contributed by atoms with van der Waals surface area (Å²) in [7, 11) is 0. The molecule has 2 saturated carbocycles. The van der Waals surface area contributed by atoms with Crippen molar-refractivity contribution in [3.63, 3.8) is 0 Å². The lowest BCUT2D eigenvalue weighted by molar-refractivity contribution is -0.133. The molecule has 4 rings (SSSR count). The number of hydrogen-bond acceptors (Lipinski definition) is 5. The zero-order valence-electron chi connectivity index (χ0n) is 19.2. The van der Waals surface area contributed by atoms with Crippen molar-refractivity contribution in [2.75, 3.05) is 6.54 Å². The second-order valence-corrected chi connectivity index (χ2v) is 9.62. The topological polar surface area (TPSA) is 108 Å². The Morgan fingerprint density at radius 1 is 1.15 bits per heavy atom. The molecule has 3 fully saturated rings. The van der Waals surface area contributed by atoms with E-state index in [9.17, 15) is 19.5 Å². The van der Waals surface area contributed by atoms with E-state index in [0.717, 1.165) is 37.7 Å². The number of hydrogen-bond donors (Lipinski definition) is 3. The van der Waals surface area contributed by atoms with Gasteiger partial charge in [-0.2, -0.15) is 0 Å². The van der Waals surface area contributed by atoms with Crippen LogP contribution in [0.25, 0.3) is 0 Å². The van der Waals surface area contributed by atoms with Gasteiger partial charge in [0.2, 0.25) is 5.91 Å². The van der Waals surface area contributed by atoms with Gasteiger partial charge in [-0.15, -0.1) is 0 Å². The van der Waals surface area contributed by atoms with Crippen molar-refractivity contribution in [3.8, 4) is 0 Å². The SMILES string of the molecule is CCC[C@H](NC(=O)[C@@H]1[C@H]2CCC[C@H]2CN1C(=O)OCc1ccccc1)C(O)C(=O)NC1CC1. The maximum absolute atomic E-state index is 13.4. The molecule has 5 atom stereocenters. The van der Waals surface area contributed by atoms with Crippen molar-refractivity contribution >= 4 is 17.9 Å². The van der Waals surface area contributed by atoms with Gasteiger partial charge in [-0.3, -0.25) is 14.5 Å². The Kier molecular flexibility index (Phi) is 7.53. The molecule has 180 valence electrons. The van der Waals surface area contributed by atoms with Gasteiger partial charge in [0.05, 0.1) is 6.04 Å². The molecule has 0 spiro atoms. The van der Waals surface area contributed by atoms with Crippen LogP contribution in [0.3, 0.4) is 0 Å². The molecular formula is C25H35N3O5. The van der Waals surface area contributed by atoms with Crippen LogP contribution < -0.4 is 10.6 Å². The third kappa shape index (κ3) is 5.66. The summed E-state index contributed by atoms with van der Waals surface area (Å²) in [4.78, 5) is 40.3. The Hall–Kier alpha value is -2.61. The number of nitrogens with zero attached hydrogens (tertiary/aromatic N) is 1. The highest BCUT2D eigenvalue weighted by molar-refractivity contribution is 5.88. The normalized spacial score (nSPS) is 25.8. The van der Waals surface area contributed by atoms with Crippen LogP contribution >= 0.6 is 0 Å². The summed E-state index contributed by atoms with van der Waals surface area (Å²) in [5.74, 6) is -0.398. The number of carbonyl (C=O) groups excluding carboxylic acids is 3. The van der Waals surface area contributed by atoms with E-state index in [4.69, 9.17) is 4.74 Å². The van der Waals surface area contributed by atoms with Gasteiger partial charge in [0.1, 0.15) is 12.6 Å². The van der Waals surface area contributed by atoms with Crippen molar-refractivity contribution in [2.45, 2.75) is 82.7 Å². The molecule has 3 N–H and O–H groups in total. The number of likely N-dealkylation sites (tertiary alicyclic amines) is 1. The summed E-state index contributed by atoms with van der Waals surface area (Å²) in [6.45, 7) is 2.60. The molecule has 1 aromatic carbocycles. The van der Waals surface area contributed by atoms with Crippen LogP contribution in [0.15, 0.2) is 30.3 Å². The second kappa shape index (κ2) is 10.5. The monoisotopic (exact) mass is 457 g/mol. The average Bonchev–Trinajstić information content (AvgIpc) is 3.38. The number of ether oxygens (including phenoxy) is 1. The molecule has 1 saturated heterocycles. The van der Waals surface area contributed by atoms with Gasteiger partial charge < -0.3 is 20.5 Å². The highest BCUT2D eigenvalue weighted by Gasteiger charge is 2.50. The lowest BCUT2D eigenvalue weighted by Gasteiger charge is -2.30. The number of aliphatic hydroxyl groups is 1. The summed E-state index contributed by atoms with van der Waals surface area (Å²) in [6.07, 6.45) is 4.14. The number of fused-ring (bicyclic) bond motifs is 1. The first kappa shape index (κ1) is 23.5. The maximum atomic E-state index is 13.4. The summed E-state index contributed by atoms with van der Waals surface area (Å²) >= 11 is 0. The fourth-order valence-corrected chi connectivity index (χ4v) is 5.22. The fourth-order valence-electron chi connectivity index (χ4n) is 5.22. The minimum atomic E-state index is -1.31. The first-order chi connectivity index (χ1) is 16.0. The molecule has 3 aliphatic rings. The van der Waals surface area contributed by atoms with Gasteiger partial charge in [0.15, 0.2) is 6.10 Å².